The molecule has 0 bridgehead atoms. The number of aliphatic hydroxyl groups excluding tert-OH is 1. The molecule has 0 amide bonds. The Bertz CT molecular complexity index is 575. The third-order valence-corrected chi connectivity index (χ3v) is 2.85. The van der Waals surface area contributed by atoms with Crippen LogP contribution in [0, 0.1) is 12.7 Å². The van der Waals surface area contributed by atoms with E-state index in [1.54, 1.807) is 31.3 Å². The molecule has 94 valence electrons. The van der Waals surface area contributed by atoms with Gasteiger partial charge in [0, 0.05) is 22.3 Å². The van der Waals surface area contributed by atoms with Gasteiger partial charge >= 0.3 is 0 Å². The molecule has 1 N–H and O–H groups in total. The largest absolute Gasteiger partial charge is 0.439 e. The summed E-state index contributed by atoms with van der Waals surface area (Å²) in [6.07, 6.45) is 1.55. The van der Waals surface area contributed by atoms with Crippen LogP contribution in [0.15, 0.2) is 34.9 Å². The minimum Gasteiger partial charge on any atom is -0.439 e. The summed E-state index contributed by atoms with van der Waals surface area (Å²) in [5.41, 5.74) is 1.08. The lowest BCUT2D eigenvalue weighted by atomic mass is 10.2. The Hall–Kier alpha value is -1.46. The highest BCUT2D eigenvalue weighted by Crippen LogP contribution is 2.26. The zero-order valence-corrected chi connectivity index (χ0v) is 11.2. The van der Waals surface area contributed by atoms with Crippen LogP contribution in [-0.2, 0) is 6.61 Å². The number of aryl methyl sites for hydroxylation is 1. The van der Waals surface area contributed by atoms with Gasteiger partial charge in [-0.05, 0) is 40.5 Å². The van der Waals surface area contributed by atoms with E-state index >= 15 is 0 Å². The zero-order chi connectivity index (χ0) is 13.1. The third-order valence-electron chi connectivity index (χ3n) is 2.42. The first kappa shape index (κ1) is 13.0. The molecule has 3 nitrogen and oxygen atoms in total. The maximum atomic E-state index is 13.4. The molecule has 2 rings (SSSR count). The molecule has 0 fully saturated rings. The molecule has 18 heavy (non-hydrogen) atoms. The van der Waals surface area contributed by atoms with Gasteiger partial charge in [-0.2, -0.15) is 0 Å². The highest BCUT2D eigenvalue weighted by molar-refractivity contribution is 9.10. The number of benzene rings is 1. The number of aliphatic hydroxyl groups is 1. The van der Waals surface area contributed by atoms with Crippen molar-refractivity contribution in [3.8, 4) is 11.6 Å². The Kier molecular flexibility index (Phi) is 3.93. The van der Waals surface area contributed by atoms with Crippen molar-refractivity contribution in [3.05, 3.63) is 51.9 Å². The van der Waals surface area contributed by atoms with E-state index in [9.17, 15) is 9.50 Å². The normalized spacial score (nSPS) is 10.4. The first-order valence-electron chi connectivity index (χ1n) is 5.29. The van der Waals surface area contributed by atoms with Gasteiger partial charge in [-0.25, -0.2) is 9.37 Å². The fraction of sp³-hybridized carbons (Fsp3) is 0.154. The molecular weight excluding hydrogens is 301 g/mol. The number of ether oxygens (including phenoxy) is 1. The van der Waals surface area contributed by atoms with Crippen molar-refractivity contribution in [2.45, 2.75) is 13.5 Å². The Balaban J connectivity index is 2.30. The predicted molar refractivity (Wildman–Crippen MR) is 69.1 cm³/mol. The molecule has 0 radical (unpaired) electrons. The Morgan fingerprint density at radius 2 is 2.17 bits per heavy atom. The van der Waals surface area contributed by atoms with E-state index in [4.69, 9.17) is 4.74 Å². The van der Waals surface area contributed by atoms with Gasteiger partial charge in [-0.1, -0.05) is 6.07 Å². The lowest BCUT2D eigenvalue weighted by Gasteiger charge is -2.09. The van der Waals surface area contributed by atoms with Gasteiger partial charge in [0.05, 0.1) is 6.61 Å². The van der Waals surface area contributed by atoms with Crippen molar-refractivity contribution in [1.29, 1.82) is 0 Å². The molecule has 1 aromatic heterocycles. The summed E-state index contributed by atoms with van der Waals surface area (Å²) < 4.78 is 19.6. The van der Waals surface area contributed by atoms with Crippen LogP contribution < -0.4 is 4.74 Å². The molecule has 0 atom stereocenters. The molecule has 0 aliphatic heterocycles. The summed E-state index contributed by atoms with van der Waals surface area (Å²) in [6, 6.07) is 6.28. The summed E-state index contributed by atoms with van der Waals surface area (Å²) in [4.78, 5) is 4.04. The Morgan fingerprint density at radius 3 is 2.83 bits per heavy atom. The number of nitrogens with zero attached hydrogens (tertiary/aromatic N) is 1. The van der Waals surface area contributed by atoms with Crippen molar-refractivity contribution in [2.24, 2.45) is 0 Å². The van der Waals surface area contributed by atoms with Gasteiger partial charge in [0.2, 0.25) is 5.88 Å². The fourth-order valence-corrected chi connectivity index (χ4v) is 1.80. The van der Waals surface area contributed by atoms with Crippen LogP contribution >= 0.6 is 15.9 Å². The zero-order valence-electron chi connectivity index (χ0n) is 9.65. The number of halogens is 2. The molecule has 0 saturated heterocycles. The van der Waals surface area contributed by atoms with Gasteiger partial charge in [0.25, 0.3) is 0 Å². The number of hydrogen-bond donors (Lipinski definition) is 1. The Labute approximate surface area is 112 Å². The van der Waals surface area contributed by atoms with Crippen molar-refractivity contribution < 1.29 is 14.2 Å². The third kappa shape index (κ3) is 2.86. The van der Waals surface area contributed by atoms with E-state index in [2.05, 4.69) is 20.9 Å². The van der Waals surface area contributed by atoms with E-state index in [0.29, 0.717) is 16.9 Å². The molecule has 5 heteroatoms. The minimum absolute atomic E-state index is 0.198. The minimum atomic E-state index is -0.338. The van der Waals surface area contributed by atoms with Crippen molar-refractivity contribution in [3.63, 3.8) is 0 Å². The number of aromatic nitrogens is 1. The van der Waals surface area contributed by atoms with Gasteiger partial charge in [-0.15, -0.1) is 0 Å². The highest BCUT2D eigenvalue weighted by Gasteiger charge is 2.08. The molecule has 1 heterocycles. The molecule has 0 aliphatic carbocycles. The molecule has 0 spiro atoms. The van der Waals surface area contributed by atoms with Gasteiger partial charge in [0.15, 0.2) is 0 Å². The second-order valence-corrected chi connectivity index (χ2v) is 4.70. The molecule has 2 aromatic rings. The quantitative estimate of drug-likeness (QED) is 0.942. The SMILES string of the molecule is Cc1ccc(Oc2ncc(Br)cc2CO)cc1F. The van der Waals surface area contributed by atoms with Crippen molar-refractivity contribution in [1.82, 2.24) is 4.98 Å². The molecule has 1 aromatic carbocycles. The molecule has 0 unspecified atom stereocenters. The lowest BCUT2D eigenvalue weighted by Crippen LogP contribution is -1.95. The first-order valence-corrected chi connectivity index (χ1v) is 6.08. The topological polar surface area (TPSA) is 42.4 Å². The van der Waals surface area contributed by atoms with E-state index in [0.717, 1.165) is 4.47 Å². The van der Waals surface area contributed by atoms with Crippen molar-refractivity contribution in [2.75, 3.05) is 0 Å². The maximum absolute atomic E-state index is 13.4. The van der Waals surface area contributed by atoms with Crippen LogP contribution in [0.25, 0.3) is 0 Å². The predicted octanol–water partition coefficient (Wildman–Crippen LogP) is 3.58. The maximum Gasteiger partial charge on any atom is 0.224 e. The lowest BCUT2D eigenvalue weighted by molar-refractivity contribution is 0.275. The second kappa shape index (κ2) is 5.46. The number of hydrogen-bond acceptors (Lipinski definition) is 3. The average molecular weight is 312 g/mol. The van der Waals surface area contributed by atoms with Crippen LogP contribution in [0.1, 0.15) is 11.1 Å². The summed E-state index contributed by atoms with van der Waals surface area (Å²) in [7, 11) is 0. The van der Waals surface area contributed by atoms with Gasteiger partial charge in [-0.3, -0.25) is 0 Å². The summed E-state index contributed by atoms with van der Waals surface area (Å²) >= 11 is 3.25. The average Bonchev–Trinajstić information content (AvgIpc) is 2.36. The van der Waals surface area contributed by atoms with E-state index in [-0.39, 0.29) is 18.3 Å². The van der Waals surface area contributed by atoms with E-state index in [1.165, 1.54) is 6.07 Å². The molecule has 0 aliphatic rings. The number of rotatable bonds is 3. The van der Waals surface area contributed by atoms with Crippen LogP contribution in [-0.4, -0.2) is 10.1 Å². The standard InChI is InChI=1S/C13H11BrFNO2/c1-8-2-3-11(5-12(8)15)18-13-9(7-17)4-10(14)6-16-13/h2-6,17H,7H2,1H3. The fourth-order valence-electron chi connectivity index (χ4n) is 1.42. The van der Waals surface area contributed by atoms with Gasteiger partial charge in [0.1, 0.15) is 11.6 Å². The van der Waals surface area contributed by atoms with Crippen LogP contribution in [0.4, 0.5) is 4.39 Å². The summed E-state index contributed by atoms with van der Waals surface area (Å²) in [6.45, 7) is 1.48. The van der Waals surface area contributed by atoms with Crippen LogP contribution in [0.3, 0.4) is 0 Å². The van der Waals surface area contributed by atoms with Gasteiger partial charge < -0.3 is 9.84 Å². The van der Waals surface area contributed by atoms with Crippen LogP contribution in [0.2, 0.25) is 0 Å². The van der Waals surface area contributed by atoms with Crippen LogP contribution in [0.5, 0.6) is 11.6 Å². The number of pyridine rings is 1. The monoisotopic (exact) mass is 311 g/mol. The first-order chi connectivity index (χ1) is 8.60. The Morgan fingerprint density at radius 1 is 1.39 bits per heavy atom. The summed E-state index contributed by atoms with van der Waals surface area (Å²) in [5.74, 6) is 0.279. The smallest absolute Gasteiger partial charge is 0.224 e. The highest BCUT2D eigenvalue weighted by atomic mass is 79.9. The van der Waals surface area contributed by atoms with E-state index in [1.807, 2.05) is 0 Å². The molecular formula is C13H11BrFNO2. The second-order valence-electron chi connectivity index (χ2n) is 3.79. The van der Waals surface area contributed by atoms with Crippen molar-refractivity contribution >= 4 is 15.9 Å². The summed E-state index contributed by atoms with van der Waals surface area (Å²) in [5, 5.41) is 9.20. The molecule has 0 saturated carbocycles. The van der Waals surface area contributed by atoms with E-state index < -0.39 is 0 Å².